The van der Waals surface area contributed by atoms with Crippen LogP contribution in [0.3, 0.4) is 0 Å². The lowest BCUT2D eigenvalue weighted by Gasteiger charge is -2.33. The number of carbonyl (C=O) groups is 3. The Bertz CT molecular complexity index is 1120. The second-order valence-corrected chi connectivity index (χ2v) is 7.90. The number of ether oxygens (including phenoxy) is 3. The summed E-state index contributed by atoms with van der Waals surface area (Å²) in [4.78, 5) is 37.2. The van der Waals surface area contributed by atoms with E-state index in [4.69, 9.17) is 32.7 Å². The van der Waals surface area contributed by atoms with Gasteiger partial charge in [0, 0.05) is 39.0 Å². The second kappa shape index (κ2) is 10.1. The third kappa shape index (κ3) is 4.77. The summed E-state index contributed by atoms with van der Waals surface area (Å²) in [6.45, 7) is 1.80. The maximum atomic E-state index is 13.5. The molecule has 1 heterocycles. The van der Waals surface area contributed by atoms with Crippen molar-refractivity contribution in [3.63, 3.8) is 0 Å². The number of hydrogen-bond acceptors (Lipinski definition) is 7. The first-order valence-corrected chi connectivity index (χ1v) is 10.7. The summed E-state index contributed by atoms with van der Waals surface area (Å²) in [5.74, 6) is -1.99. The van der Waals surface area contributed by atoms with Crippen LogP contribution < -0.4 is 10.6 Å². The van der Waals surface area contributed by atoms with Crippen LogP contribution in [0.25, 0.3) is 0 Å². The van der Waals surface area contributed by atoms with Gasteiger partial charge in [-0.1, -0.05) is 41.4 Å². The Kier molecular flexibility index (Phi) is 7.50. The predicted molar refractivity (Wildman–Crippen MR) is 125 cm³/mol. The fourth-order valence-corrected chi connectivity index (χ4v) is 4.41. The van der Waals surface area contributed by atoms with E-state index < -0.39 is 29.5 Å². The van der Waals surface area contributed by atoms with Crippen molar-refractivity contribution in [3.8, 4) is 0 Å². The van der Waals surface area contributed by atoms with Crippen molar-refractivity contribution < 1.29 is 28.6 Å². The molecule has 2 N–H and O–H groups in total. The maximum absolute atomic E-state index is 13.5. The van der Waals surface area contributed by atoms with Crippen LogP contribution in [0.15, 0.2) is 48.6 Å². The van der Waals surface area contributed by atoms with Crippen LogP contribution in [-0.4, -0.2) is 38.9 Å². The Morgan fingerprint density at radius 3 is 2.58 bits per heavy atom. The Labute approximate surface area is 200 Å². The van der Waals surface area contributed by atoms with Gasteiger partial charge in [0.2, 0.25) is 0 Å². The van der Waals surface area contributed by atoms with E-state index in [0.29, 0.717) is 32.5 Å². The minimum Gasteiger partial charge on any atom is -0.466 e. The summed E-state index contributed by atoms with van der Waals surface area (Å²) in [5, 5.41) is 6.47. The highest BCUT2D eigenvalue weighted by Gasteiger charge is 2.54. The van der Waals surface area contributed by atoms with E-state index in [1.807, 2.05) is 0 Å². The molecule has 2 aromatic carbocycles. The van der Waals surface area contributed by atoms with Crippen molar-refractivity contribution in [3.05, 3.63) is 69.7 Å². The predicted octanol–water partition coefficient (Wildman–Crippen LogP) is 4.87. The summed E-state index contributed by atoms with van der Waals surface area (Å²) >= 11 is 12.7. The average Bonchev–Trinajstić information content (AvgIpc) is 3.13. The molecule has 2 aromatic rings. The van der Waals surface area contributed by atoms with Crippen LogP contribution in [0.1, 0.15) is 24.0 Å². The highest BCUT2D eigenvalue weighted by molar-refractivity contribution is 6.36. The van der Waals surface area contributed by atoms with Gasteiger partial charge in [0.05, 0.1) is 20.8 Å². The number of hydrogen-bond donors (Lipinski definition) is 2. The molecule has 0 aliphatic carbocycles. The molecule has 3 rings (SSSR count). The highest BCUT2D eigenvalue weighted by atomic mass is 35.5. The molecule has 1 amide bonds. The van der Waals surface area contributed by atoms with E-state index in [9.17, 15) is 14.4 Å². The fourth-order valence-electron chi connectivity index (χ4n) is 3.80. The summed E-state index contributed by atoms with van der Waals surface area (Å²) in [7, 11) is 2.49. The van der Waals surface area contributed by atoms with Gasteiger partial charge in [0.15, 0.2) is 5.54 Å². The van der Waals surface area contributed by atoms with Crippen LogP contribution in [0.4, 0.5) is 16.2 Å². The van der Waals surface area contributed by atoms with Crippen molar-refractivity contribution in [1.29, 1.82) is 0 Å². The molecule has 0 saturated carbocycles. The summed E-state index contributed by atoms with van der Waals surface area (Å²) < 4.78 is 14.8. The minimum atomic E-state index is -1.52. The lowest BCUT2D eigenvalue weighted by atomic mass is 9.77. The van der Waals surface area contributed by atoms with Gasteiger partial charge in [-0.05, 0) is 36.8 Å². The molecule has 0 bridgehead atoms. The Morgan fingerprint density at radius 1 is 1.15 bits per heavy atom. The number of carbonyl (C=O) groups excluding carboxylic acids is 3. The van der Waals surface area contributed by atoms with E-state index in [-0.39, 0.29) is 6.61 Å². The van der Waals surface area contributed by atoms with Gasteiger partial charge in [0.25, 0.3) is 0 Å². The molecular weight excluding hydrogens is 471 g/mol. The second-order valence-electron chi connectivity index (χ2n) is 7.06. The number of anilines is 2. The van der Waals surface area contributed by atoms with Crippen LogP contribution >= 0.6 is 23.2 Å². The molecule has 1 aliphatic rings. The zero-order chi connectivity index (χ0) is 24.2. The summed E-state index contributed by atoms with van der Waals surface area (Å²) in [6.07, 6.45) is 2.08. The van der Waals surface area contributed by atoms with E-state index in [1.54, 1.807) is 43.3 Å². The van der Waals surface area contributed by atoms with E-state index in [2.05, 4.69) is 15.4 Å². The zero-order valence-electron chi connectivity index (χ0n) is 18.1. The Balaban J connectivity index is 2.26. The smallest absolute Gasteiger partial charge is 0.411 e. The average molecular weight is 493 g/mol. The van der Waals surface area contributed by atoms with Crippen LogP contribution in [-0.2, 0) is 29.3 Å². The molecule has 2 unspecified atom stereocenters. The van der Waals surface area contributed by atoms with Gasteiger partial charge in [0.1, 0.15) is 0 Å². The van der Waals surface area contributed by atoms with Crippen molar-refractivity contribution in [2.24, 2.45) is 0 Å². The highest BCUT2D eigenvalue weighted by Crippen LogP contribution is 2.53. The minimum absolute atomic E-state index is 0.112. The molecule has 0 fully saturated rings. The number of halogens is 2. The molecule has 2 atom stereocenters. The molecule has 33 heavy (non-hydrogen) atoms. The quantitative estimate of drug-likeness (QED) is 0.336. The number of esters is 2. The van der Waals surface area contributed by atoms with Crippen LogP contribution in [0, 0.1) is 0 Å². The molecule has 1 aliphatic heterocycles. The van der Waals surface area contributed by atoms with Gasteiger partial charge in [-0.25, -0.2) is 14.4 Å². The number of methoxy groups -OCH3 is 2. The molecule has 8 nitrogen and oxygen atoms in total. The van der Waals surface area contributed by atoms with Gasteiger partial charge in [-0.2, -0.15) is 0 Å². The number of benzene rings is 2. The van der Waals surface area contributed by atoms with Gasteiger partial charge < -0.3 is 19.5 Å². The first-order chi connectivity index (χ1) is 15.8. The van der Waals surface area contributed by atoms with E-state index in [1.165, 1.54) is 26.4 Å². The van der Waals surface area contributed by atoms with Crippen LogP contribution in [0.2, 0.25) is 10.0 Å². The molecule has 174 valence electrons. The van der Waals surface area contributed by atoms with E-state index in [0.717, 1.165) is 0 Å². The number of amides is 1. The van der Waals surface area contributed by atoms with Gasteiger partial charge in [-0.3, -0.25) is 5.32 Å². The van der Waals surface area contributed by atoms with E-state index >= 15 is 0 Å². The molecule has 0 aromatic heterocycles. The van der Waals surface area contributed by atoms with Crippen molar-refractivity contribution in [2.45, 2.75) is 18.4 Å². The topological polar surface area (TPSA) is 103 Å². The largest absolute Gasteiger partial charge is 0.466 e. The third-order valence-electron chi connectivity index (χ3n) is 5.18. The third-order valence-corrected chi connectivity index (χ3v) is 5.71. The number of rotatable bonds is 6. The Hall–Kier alpha value is -3.23. The van der Waals surface area contributed by atoms with Crippen LogP contribution in [0.5, 0.6) is 0 Å². The lowest BCUT2D eigenvalue weighted by molar-refractivity contribution is -0.149. The normalized spacial score (nSPS) is 18.9. The van der Waals surface area contributed by atoms with Crippen molar-refractivity contribution in [2.75, 3.05) is 31.5 Å². The zero-order valence-corrected chi connectivity index (χ0v) is 19.6. The van der Waals surface area contributed by atoms with Gasteiger partial charge in [-0.15, -0.1) is 0 Å². The first kappa shape index (κ1) is 24.4. The SMILES string of the molecule is CCOC(=O)C1(c2cccc(NC(=O)OC)c2)Nc2cc(Cl)cc(Cl)c2C1/C=C\C(=O)OC. The van der Waals surface area contributed by atoms with Crippen molar-refractivity contribution >= 4 is 52.6 Å². The Morgan fingerprint density at radius 2 is 1.91 bits per heavy atom. The lowest BCUT2D eigenvalue weighted by Crippen LogP contribution is -2.45. The monoisotopic (exact) mass is 492 g/mol. The molecule has 10 heteroatoms. The number of nitrogens with one attached hydrogen (secondary N) is 2. The summed E-state index contributed by atoms with van der Waals surface area (Å²) in [6, 6.07) is 9.82. The molecular formula is C23H22Cl2N2O6. The molecule has 0 spiro atoms. The van der Waals surface area contributed by atoms with Gasteiger partial charge >= 0.3 is 18.0 Å². The van der Waals surface area contributed by atoms with Crippen molar-refractivity contribution in [1.82, 2.24) is 0 Å². The maximum Gasteiger partial charge on any atom is 0.411 e. The first-order valence-electron chi connectivity index (χ1n) is 9.92. The molecule has 0 saturated heterocycles. The summed E-state index contributed by atoms with van der Waals surface area (Å²) in [5.41, 5.74) is 0.385. The molecule has 0 radical (unpaired) electrons. The standard InChI is InChI=1S/C23H22Cl2N2O6/c1-4-33-21(29)23(13-6-5-7-15(10-13)26-22(30)32-3)16(8-9-19(28)31-2)20-17(25)11-14(24)12-18(20)27-23/h5-12,16,27H,4H2,1-3H3,(H,26,30)/b9-8-. The number of fused-ring (bicyclic) bond motifs is 1. The fraction of sp³-hybridized carbons (Fsp3) is 0.261.